The van der Waals surface area contributed by atoms with E-state index in [1.807, 2.05) is 0 Å². The quantitative estimate of drug-likeness (QED) is 0.771. The predicted molar refractivity (Wildman–Crippen MR) is 104 cm³/mol. The van der Waals surface area contributed by atoms with Crippen LogP contribution in [0.3, 0.4) is 0 Å². The van der Waals surface area contributed by atoms with Crippen LogP contribution >= 0.6 is 0 Å². The molecule has 28 heavy (non-hydrogen) atoms. The summed E-state index contributed by atoms with van der Waals surface area (Å²) in [5.41, 5.74) is 1.21. The number of ether oxygens (including phenoxy) is 1. The first kappa shape index (κ1) is 19.6. The number of hydrogen-bond acceptors (Lipinski definition) is 6. The summed E-state index contributed by atoms with van der Waals surface area (Å²) in [7, 11) is -3.38. The second-order valence-corrected chi connectivity index (χ2v) is 8.35. The Hall–Kier alpha value is -3.13. The highest BCUT2D eigenvalue weighted by molar-refractivity contribution is 7.94. The number of carbonyl (C=O) groups is 2. The fourth-order valence-electron chi connectivity index (χ4n) is 2.92. The van der Waals surface area contributed by atoms with Crippen molar-refractivity contribution >= 4 is 27.4 Å². The highest BCUT2D eigenvalue weighted by atomic mass is 32.2. The van der Waals surface area contributed by atoms with Gasteiger partial charge in [-0.3, -0.25) is 4.79 Å². The summed E-state index contributed by atoms with van der Waals surface area (Å²) in [6.07, 6.45) is 1.44. The molecule has 1 N–H and O–H groups in total. The maximum atomic E-state index is 12.8. The molecule has 0 aliphatic carbocycles. The minimum atomic E-state index is -3.38. The summed E-state index contributed by atoms with van der Waals surface area (Å²) in [5.74, 6) is -1.89. The van der Waals surface area contributed by atoms with E-state index in [2.05, 4.69) is 0 Å². The molecule has 0 radical (unpaired) electrons. The van der Waals surface area contributed by atoms with E-state index in [1.165, 1.54) is 23.1 Å². The van der Waals surface area contributed by atoms with Gasteiger partial charge in [-0.1, -0.05) is 29.8 Å². The molecule has 0 saturated carbocycles. The molecule has 2 aromatic carbocycles. The lowest BCUT2D eigenvalue weighted by Gasteiger charge is -2.27. The first-order valence-electron chi connectivity index (χ1n) is 8.51. The molecule has 0 bridgehead atoms. The van der Waals surface area contributed by atoms with Crippen LogP contribution in [0, 0.1) is 6.92 Å². The summed E-state index contributed by atoms with van der Waals surface area (Å²) < 4.78 is 28.6. The van der Waals surface area contributed by atoms with Gasteiger partial charge < -0.3 is 14.7 Å². The van der Waals surface area contributed by atoms with Gasteiger partial charge in [-0.25, -0.2) is 13.2 Å². The average molecular weight is 401 g/mol. The van der Waals surface area contributed by atoms with Crippen LogP contribution < -0.4 is 4.90 Å². The van der Waals surface area contributed by atoms with E-state index < -0.39 is 34.4 Å². The minimum absolute atomic E-state index is 0.0394. The number of sulfone groups is 1. The van der Waals surface area contributed by atoms with Crippen molar-refractivity contribution in [2.24, 2.45) is 0 Å². The largest absolute Gasteiger partial charge is 0.507 e. The topological polar surface area (TPSA) is 101 Å². The van der Waals surface area contributed by atoms with E-state index in [4.69, 9.17) is 4.74 Å². The lowest BCUT2D eigenvalue weighted by molar-refractivity contribution is -0.121. The van der Waals surface area contributed by atoms with Crippen molar-refractivity contribution in [3.63, 3.8) is 0 Å². The molecule has 0 fully saturated rings. The van der Waals surface area contributed by atoms with E-state index in [1.54, 1.807) is 43.3 Å². The fraction of sp³-hybridized carbons (Fsp3) is 0.200. The molecule has 1 unspecified atom stereocenters. The molecular weight excluding hydrogens is 382 g/mol. The molecule has 0 saturated heterocycles. The lowest BCUT2D eigenvalue weighted by atomic mass is 10.1. The zero-order chi connectivity index (χ0) is 20.3. The normalized spacial score (nSPS) is 17.2. The molecule has 1 amide bonds. The second-order valence-electron chi connectivity index (χ2n) is 6.42. The number of para-hydroxylation sites is 1. The van der Waals surface area contributed by atoms with E-state index >= 15 is 0 Å². The van der Waals surface area contributed by atoms with Gasteiger partial charge in [0.05, 0.1) is 11.8 Å². The van der Waals surface area contributed by atoms with Gasteiger partial charge in [0, 0.05) is 11.1 Å². The standard InChI is InChI=1S/C20H19NO6S/c1-14-7-8-18(22)17(11-14)20(24)27-12-19(23)21(15-5-3-2-4-6-15)16-9-10-28(25,26)13-16/h2-11,16,22H,12-13H2,1H3. The zero-order valence-corrected chi connectivity index (χ0v) is 15.9. The molecule has 2 aromatic rings. The number of carbonyl (C=O) groups excluding carboxylic acids is 2. The van der Waals surface area contributed by atoms with Gasteiger partial charge >= 0.3 is 5.97 Å². The van der Waals surface area contributed by atoms with Crippen LogP contribution in [0.1, 0.15) is 15.9 Å². The van der Waals surface area contributed by atoms with E-state index in [-0.39, 0.29) is 17.1 Å². The van der Waals surface area contributed by atoms with Gasteiger partial charge in [0.2, 0.25) is 0 Å². The van der Waals surface area contributed by atoms with Crippen LogP contribution in [0.5, 0.6) is 5.75 Å². The smallest absolute Gasteiger partial charge is 0.342 e. The number of esters is 1. The van der Waals surface area contributed by atoms with Gasteiger partial charge in [0.25, 0.3) is 5.91 Å². The summed E-state index contributed by atoms with van der Waals surface area (Å²) >= 11 is 0. The molecule has 1 atom stereocenters. The van der Waals surface area contributed by atoms with Gasteiger partial charge in [0.1, 0.15) is 11.3 Å². The van der Waals surface area contributed by atoms with Gasteiger partial charge in [0.15, 0.2) is 16.4 Å². The van der Waals surface area contributed by atoms with Crippen LogP contribution in [0.2, 0.25) is 0 Å². The van der Waals surface area contributed by atoms with Crippen molar-refractivity contribution in [1.29, 1.82) is 0 Å². The third-order valence-corrected chi connectivity index (χ3v) is 5.62. The first-order chi connectivity index (χ1) is 13.3. The van der Waals surface area contributed by atoms with Crippen molar-refractivity contribution in [3.8, 4) is 5.75 Å². The Morgan fingerprint density at radius 1 is 1.18 bits per heavy atom. The van der Waals surface area contributed by atoms with Crippen molar-refractivity contribution in [3.05, 3.63) is 71.1 Å². The Bertz CT molecular complexity index is 1030. The maximum absolute atomic E-state index is 12.8. The van der Waals surface area contributed by atoms with Crippen LogP contribution in [-0.2, 0) is 19.4 Å². The number of phenols is 1. The molecule has 1 aliphatic heterocycles. The van der Waals surface area contributed by atoms with Crippen molar-refractivity contribution in [2.75, 3.05) is 17.3 Å². The van der Waals surface area contributed by atoms with Crippen LogP contribution in [-0.4, -0.2) is 43.8 Å². The number of hydrogen-bond donors (Lipinski definition) is 1. The van der Waals surface area contributed by atoms with Gasteiger partial charge in [-0.15, -0.1) is 0 Å². The van der Waals surface area contributed by atoms with E-state index in [0.717, 1.165) is 11.0 Å². The highest BCUT2D eigenvalue weighted by Crippen LogP contribution is 2.23. The summed E-state index contributed by atoms with van der Waals surface area (Å²) in [6.45, 7) is 1.16. The number of rotatable bonds is 5. The summed E-state index contributed by atoms with van der Waals surface area (Å²) in [4.78, 5) is 26.3. The van der Waals surface area contributed by atoms with Crippen molar-refractivity contribution < 1.29 is 27.9 Å². The number of aryl methyl sites for hydroxylation is 1. The van der Waals surface area contributed by atoms with Crippen molar-refractivity contribution in [2.45, 2.75) is 13.0 Å². The van der Waals surface area contributed by atoms with Crippen molar-refractivity contribution in [1.82, 2.24) is 0 Å². The number of aromatic hydroxyl groups is 1. The van der Waals surface area contributed by atoms with Gasteiger partial charge in [-0.2, -0.15) is 0 Å². The molecule has 146 valence electrons. The number of nitrogens with zero attached hydrogens (tertiary/aromatic N) is 1. The SMILES string of the molecule is Cc1ccc(O)c(C(=O)OCC(=O)N(c2ccccc2)C2C=CS(=O)(=O)C2)c1. The van der Waals surface area contributed by atoms with Crippen LogP contribution in [0.15, 0.2) is 60.0 Å². The molecule has 7 nitrogen and oxygen atoms in total. The molecule has 3 rings (SSSR count). The number of amides is 1. The van der Waals surface area contributed by atoms with Crippen LogP contribution in [0.25, 0.3) is 0 Å². The number of phenolic OH excluding ortho intramolecular Hbond substituents is 1. The Kier molecular flexibility index (Phi) is 5.51. The Balaban J connectivity index is 1.78. The zero-order valence-electron chi connectivity index (χ0n) is 15.1. The first-order valence-corrected chi connectivity index (χ1v) is 10.2. The van der Waals surface area contributed by atoms with E-state index in [0.29, 0.717) is 5.69 Å². The molecule has 1 aliphatic rings. The summed E-state index contributed by atoms with van der Waals surface area (Å²) in [5, 5.41) is 10.9. The highest BCUT2D eigenvalue weighted by Gasteiger charge is 2.32. The monoisotopic (exact) mass is 401 g/mol. The lowest BCUT2D eigenvalue weighted by Crippen LogP contribution is -2.43. The minimum Gasteiger partial charge on any atom is -0.507 e. The third kappa shape index (κ3) is 4.40. The predicted octanol–water partition coefficient (Wildman–Crippen LogP) is 2.20. The average Bonchev–Trinajstić information content (AvgIpc) is 3.02. The van der Waals surface area contributed by atoms with Gasteiger partial charge in [-0.05, 0) is 37.3 Å². The molecule has 8 heteroatoms. The third-order valence-electron chi connectivity index (χ3n) is 4.24. The summed E-state index contributed by atoms with van der Waals surface area (Å²) in [6, 6.07) is 12.3. The fourth-order valence-corrected chi connectivity index (χ4v) is 4.19. The maximum Gasteiger partial charge on any atom is 0.342 e. The van der Waals surface area contributed by atoms with Crippen LogP contribution in [0.4, 0.5) is 5.69 Å². The molecule has 1 heterocycles. The molecular formula is C20H19NO6S. The Labute approximate surface area is 162 Å². The second kappa shape index (κ2) is 7.85. The molecule has 0 aromatic heterocycles. The number of benzene rings is 2. The Morgan fingerprint density at radius 2 is 1.89 bits per heavy atom. The number of anilines is 1. The Morgan fingerprint density at radius 3 is 2.54 bits per heavy atom. The van der Waals surface area contributed by atoms with E-state index in [9.17, 15) is 23.1 Å². The molecule has 0 spiro atoms.